The molecule has 24 heavy (non-hydrogen) atoms. The van der Waals surface area contributed by atoms with E-state index in [4.69, 9.17) is 9.47 Å². The number of hydrogen-bond acceptors (Lipinski definition) is 6. The summed E-state index contributed by atoms with van der Waals surface area (Å²) >= 11 is 1.35. The van der Waals surface area contributed by atoms with Crippen molar-refractivity contribution >= 4 is 22.4 Å². The fourth-order valence-electron chi connectivity index (χ4n) is 2.11. The Morgan fingerprint density at radius 1 is 1.12 bits per heavy atom. The maximum Gasteiger partial charge on any atom is 0.261 e. The summed E-state index contributed by atoms with van der Waals surface area (Å²) in [7, 11) is 3.06. The Morgan fingerprint density at radius 2 is 2.00 bits per heavy atom. The van der Waals surface area contributed by atoms with Crippen molar-refractivity contribution in [1.29, 1.82) is 0 Å². The van der Waals surface area contributed by atoms with E-state index in [-0.39, 0.29) is 5.91 Å². The Kier molecular flexibility index (Phi) is 4.72. The maximum atomic E-state index is 12.5. The lowest BCUT2D eigenvalue weighted by molar-refractivity contribution is 0.102. The second-order valence-corrected chi connectivity index (χ2v) is 5.80. The monoisotopic (exact) mass is 341 g/mol. The molecule has 0 saturated heterocycles. The highest BCUT2D eigenvalue weighted by atomic mass is 32.1. The van der Waals surface area contributed by atoms with Gasteiger partial charge in [-0.1, -0.05) is 17.4 Å². The summed E-state index contributed by atoms with van der Waals surface area (Å²) in [5, 5.41) is 3.27. The highest BCUT2D eigenvalue weighted by Crippen LogP contribution is 2.29. The first-order valence-electron chi connectivity index (χ1n) is 7.12. The number of benzene rings is 1. The number of ether oxygens (including phenoxy) is 2. The van der Waals surface area contributed by atoms with Crippen molar-refractivity contribution in [3.63, 3.8) is 0 Å². The van der Waals surface area contributed by atoms with Crippen LogP contribution in [0.1, 0.15) is 10.4 Å². The van der Waals surface area contributed by atoms with Crippen LogP contribution in [0.3, 0.4) is 0 Å². The van der Waals surface area contributed by atoms with Gasteiger partial charge in [0.15, 0.2) is 5.13 Å². The number of hydrogen-bond donors (Lipinski definition) is 1. The van der Waals surface area contributed by atoms with E-state index in [1.54, 1.807) is 37.7 Å². The SMILES string of the molecule is COc1ccc(OC)c(C(=O)Nc2ncc(-c3ccccn3)s2)c1. The fourth-order valence-corrected chi connectivity index (χ4v) is 2.90. The van der Waals surface area contributed by atoms with Crippen molar-refractivity contribution in [2.75, 3.05) is 19.5 Å². The molecule has 2 heterocycles. The normalized spacial score (nSPS) is 10.2. The highest BCUT2D eigenvalue weighted by Gasteiger charge is 2.16. The molecule has 0 fully saturated rings. The third kappa shape index (κ3) is 3.36. The molecule has 122 valence electrons. The number of anilines is 1. The average molecular weight is 341 g/mol. The molecule has 6 nitrogen and oxygen atoms in total. The quantitative estimate of drug-likeness (QED) is 0.769. The predicted octanol–water partition coefficient (Wildman–Crippen LogP) is 3.47. The minimum atomic E-state index is -0.312. The lowest BCUT2D eigenvalue weighted by Crippen LogP contribution is -2.13. The van der Waals surface area contributed by atoms with Crippen LogP contribution in [0.5, 0.6) is 11.5 Å². The molecule has 0 radical (unpaired) electrons. The number of methoxy groups -OCH3 is 2. The van der Waals surface area contributed by atoms with Gasteiger partial charge in [-0.2, -0.15) is 0 Å². The number of amides is 1. The molecule has 1 amide bonds. The highest BCUT2D eigenvalue weighted by molar-refractivity contribution is 7.19. The molecular weight excluding hydrogens is 326 g/mol. The van der Waals surface area contributed by atoms with E-state index in [1.165, 1.54) is 18.4 Å². The average Bonchev–Trinajstić information content (AvgIpc) is 3.10. The van der Waals surface area contributed by atoms with Gasteiger partial charge in [-0.05, 0) is 30.3 Å². The molecule has 0 atom stereocenters. The third-order valence-electron chi connectivity index (χ3n) is 3.29. The predicted molar refractivity (Wildman–Crippen MR) is 92.8 cm³/mol. The number of nitrogens with zero attached hydrogens (tertiary/aromatic N) is 2. The van der Waals surface area contributed by atoms with E-state index >= 15 is 0 Å². The largest absolute Gasteiger partial charge is 0.497 e. The number of pyridine rings is 1. The van der Waals surface area contributed by atoms with Crippen LogP contribution in [-0.2, 0) is 0 Å². The zero-order valence-corrected chi connectivity index (χ0v) is 14.0. The molecule has 1 N–H and O–H groups in total. The molecule has 0 saturated carbocycles. The van der Waals surface area contributed by atoms with Crippen molar-refractivity contribution in [3.05, 3.63) is 54.4 Å². The van der Waals surface area contributed by atoms with Crippen LogP contribution in [0.4, 0.5) is 5.13 Å². The summed E-state index contributed by atoms with van der Waals surface area (Å²) in [4.78, 5) is 21.9. The third-order valence-corrected chi connectivity index (χ3v) is 4.23. The van der Waals surface area contributed by atoms with Crippen LogP contribution < -0.4 is 14.8 Å². The Labute approximate surface area is 143 Å². The van der Waals surface area contributed by atoms with Gasteiger partial charge in [0.05, 0.1) is 30.4 Å². The van der Waals surface area contributed by atoms with Crippen molar-refractivity contribution in [2.24, 2.45) is 0 Å². The van der Waals surface area contributed by atoms with Gasteiger partial charge in [-0.3, -0.25) is 15.1 Å². The van der Waals surface area contributed by atoms with Gasteiger partial charge in [0.25, 0.3) is 5.91 Å². The molecule has 0 bridgehead atoms. The van der Waals surface area contributed by atoms with Crippen molar-refractivity contribution in [1.82, 2.24) is 9.97 Å². The fraction of sp³-hybridized carbons (Fsp3) is 0.118. The van der Waals surface area contributed by atoms with E-state index in [0.717, 1.165) is 10.6 Å². The number of carbonyl (C=O) groups excluding carboxylic acids is 1. The standard InChI is InChI=1S/C17H15N3O3S/c1-22-11-6-7-14(23-2)12(9-11)16(21)20-17-19-10-15(24-17)13-5-3-4-8-18-13/h3-10H,1-2H3,(H,19,20,21). The summed E-state index contributed by atoms with van der Waals surface area (Å²) in [6, 6.07) is 10.7. The van der Waals surface area contributed by atoms with Gasteiger partial charge in [-0.15, -0.1) is 0 Å². The van der Waals surface area contributed by atoms with Crippen molar-refractivity contribution in [2.45, 2.75) is 0 Å². The minimum absolute atomic E-state index is 0.312. The first kappa shape index (κ1) is 15.9. The van der Waals surface area contributed by atoms with E-state index in [0.29, 0.717) is 22.2 Å². The van der Waals surface area contributed by atoms with Crippen molar-refractivity contribution < 1.29 is 14.3 Å². The Balaban J connectivity index is 1.82. The Bertz CT molecular complexity index is 849. The molecule has 2 aromatic heterocycles. The Hall–Kier alpha value is -2.93. The number of aromatic nitrogens is 2. The number of carbonyl (C=O) groups is 1. The summed E-state index contributed by atoms with van der Waals surface area (Å²) in [5.41, 5.74) is 1.20. The molecule has 3 aromatic rings. The Morgan fingerprint density at radius 3 is 2.71 bits per heavy atom. The molecule has 0 unspecified atom stereocenters. The summed E-state index contributed by atoms with van der Waals surface area (Å²) in [6.45, 7) is 0. The van der Waals surface area contributed by atoms with E-state index in [1.807, 2.05) is 18.2 Å². The van der Waals surface area contributed by atoms with Crippen LogP contribution in [0.25, 0.3) is 10.6 Å². The molecule has 3 rings (SSSR count). The van der Waals surface area contributed by atoms with Crippen molar-refractivity contribution in [3.8, 4) is 22.1 Å². The zero-order chi connectivity index (χ0) is 16.9. The van der Waals surface area contributed by atoms with E-state index in [2.05, 4.69) is 15.3 Å². The van der Waals surface area contributed by atoms with Gasteiger partial charge in [-0.25, -0.2) is 4.98 Å². The molecule has 1 aromatic carbocycles. The maximum absolute atomic E-state index is 12.5. The summed E-state index contributed by atoms with van der Waals surface area (Å²) in [6.07, 6.45) is 3.40. The second kappa shape index (κ2) is 7.10. The summed E-state index contributed by atoms with van der Waals surface area (Å²) in [5.74, 6) is 0.733. The molecule has 0 spiro atoms. The first-order valence-corrected chi connectivity index (χ1v) is 7.93. The van der Waals surface area contributed by atoms with Crippen LogP contribution in [-0.4, -0.2) is 30.1 Å². The first-order chi connectivity index (χ1) is 11.7. The van der Waals surface area contributed by atoms with E-state index < -0.39 is 0 Å². The van der Waals surface area contributed by atoms with Crippen LogP contribution in [0, 0.1) is 0 Å². The van der Waals surface area contributed by atoms with Gasteiger partial charge in [0.2, 0.25) is 0 Å². The second-order valence-electron chi connectivity index (χ2n) is 4.76. The molecule has 0 aliphatic heterocycles. The number of nitrogens with one attached hydrogen (secondary N) is 1. The minimum Gasteiger partial charge on any atom is -0.497 e. The number of thiazole rings is 1. The van der Waals surface area contributed by atoms with E-state index in [9.17, 15) is 4.79 Å². The molecule has 0 aliphatic rings. The zero-order valence-electron chi connectivity index (χ0n) is 13.1. The summed E-state index contributed by atoms with van der Waals surface area (Å²) < 4.78 is 10.4. The van der Waals surface area contributed by atoms with Gasteiger partial charge >= 0.3 is 0 Å². The van der Waals surface area contributed by atoms with Gasteiger partial charge in [0, 0.05) is 12.4 Å². The topological polar surface area (TPSA) is 73.3 Å². The number of rotatable bonds is 5. The lowest BCUT2D eigenvalue weighted by Gasteiger charge is -2.09. The van der Waals surface area contributed by atoms with Crippen LogP contribution in [0.2, 0.25) is 0 Å². The molecule has 7 heteroatoms. The molecular formula is C17H15N3O3S. The van der Waals surface area contributed by atoms with Gasteiger partial charge in [0.1, 0.15) is 11.5 Å². The van der Waals surface area contributed by atoms with Crippen LogP contribution >= 0.6 is 11.3 Å². The lowest BCUT2D eigenvalue weighted by atomic mass is 10.2. The van der Waals surface area contributed by atoms with Gasteiger partial charge < -0.3 is 9.47 Å². The smallest absolute Gasteiger partial charge is 0.261 e. The van der Waals surface area contributed by atoms with Crippen LogP contribution in [0.15, 0.2) is 48.8 Å². The molecule has 0 aliphatic carbocycles.